The molecule has 0 unspecified atom stereocenters. The summed E-state index contributed by atoms with van der Waals surface area (Å²) in [6.45, 7) is 1.78. The van der Waals surface area contributed by atoms with Crippen LogP contribution in [0.15, 0.2) is 65.4 Å². The van der Waals surface area contributed by atoms with E-state index in [-0.39, 0.29) is 17.2 Å². The van der Waals surface area contributed by atoms with Crippen LogP contribution in [0.4, 0.5) is 5.69 Å². The fourth-order valence-electron chi connectivity index (χ4n) is 3.48. The summed E-state index contributed by atoms with van der Waals surface area (Å²) in [5.41, 5.74) is 3.89. The van der Waals surface area contributed by atoms with Gasteiger partial charge in [-0.1, -0.05) is 45.7 Å². The number of nitrogens with zero attached hydrogens (tertiary/aromatic N) is 2. The Labute approximate surface area is 192 Å². The van der Waals surface area contributed by atoms with Crippen LogP contribution in [0, 0.1) is 6.92 Å². The van der Waals surface area contributed by atoms with Crippen molar-refractivity contribution < 1.29 is 9.59 Å². The fraction of sp³-hybridized carbons (Fsp3) is 0.0870. The molecule has 31 heavy (non-hydrogen) atoms. The van der Waals surface area contributed by atoms with Crippen molar-refractivity contribution in [2.24, 2.45) is 0 Å². The molecule has 0 saturated heterocycles. The maximum absolute atomic E-state index is 13.4. The molecule has 4 rings (SSSR count). The Morgan fingerprint density at radius 1 is 1.10 bits per heavy atom. The van der Waals surface area contributed by atoms with Gasteiger partial charge < -0.3 is 15.0 Å². The van der Waals surface area contributed by atoms with Crippen LogP contribution in [0.2, 0.25) is 5.02 Å². The summed E-state index contributed by atoms with van der Waals surface area (Å²) in [7, 11) is 1.52. The Hall–Kier alpha value is -3.16. The number of benzene rings is 2. The van der Waals surface area contributed by atoms with E-state index in [9.17, 15) is 9.59 Å². The van der Waals surface area contributed by atoms with Gasteiger partial charge in [0.1, 0.15) is 0 Å². The van der Waals surface area contributed by atoms with Crippen molar-refractivity contribution in [1.82, 2.24) is 14.7 Å². The van der Waals surface area contributed by atoms with Crippen LogP contribution in [0.3, 0.4) is 0 Å². The molecule has 2 N–H and O–H groups in total. The van der Waals surface area contributed by atoms with Crippen LogP contribution < -0.4 is 10.6 Å². The number of halogens is 2. The van der Waals surface area contributed by atoms with Crippen molar-refractivity contribution in [1.29, 1.82) is 0 Å². The Balaban J connectivity index is 1.87. The highest BCUT2D eigenvalue weighted by Gasteiger charge is 2.22. The zero-order valence-corrected chi connectivity index (χ0v) is 19.1. The SMILES string of the molecule is CNC(=O)c1cc(Cl)cc(C)c1NC(=O)c1ncc2cccn2c1-c1ccccc1Br. The molecule has 0 radical (unpaired) electrons. The predicted molar refractivity (Wildman–Crippen MR) is 126 cm³/mol. The Bertz CT molecular complexity index is 1330. The molecule has 0 aliphatic carbocycles. The molecule has 2 amide bonds. The van der Waals surface area contributed by atoms with E-state index < -0.39 is 5.91 Å². The first-order chi connectivity index (χ1) is 14.9. The molecule has 2 aromatic heterocycles. The number of hydrogen-bond donors (Lipinski definition) is 2. The molecule has 0 spiro atoms. The van der Waals surface area contributed by atoms with E-state index in [1.165, 1.54) is 13.1 Å². The predicted octanol–water partition coefficient (Wildman–Crippen LogP) is 5.34. The summed E-state index contributed by atoms with van der Waals surface area (Å²) in [5, 5.41) is 5.87. The summed E-state index contributed by atoms with van der Waals surface area (Å²) in [5.74, 6) is -0.780. The third-order valence-electron chi connectivity index (χ3n) is 4.93. The monoisotopic (exact) mass is 496 g/mol. The molecule has 0 aliphatic rings. The van der Waals surface area contributed by atoms with Crippen LogP contribution in [0.25, 0.3) is 16.8 Å². The smallest absolute Gasteiger partial charge is 0.276 e. The molecule has 4 aromatic rings. The van der Waals surface area contributed by atoms with E-state index in [0.717, 1.165) is 15.6 Å². The molecule has 0 bridgehead atoms. The highest BCUT2D eigenvalue weighted by atomic mass is 79.9. The van der Waals surface area contributed by atoms with Crippen molar-refractivity contribution in [2.45, 2.75) is 6.92 Å². The molecule has 0 saturated carbocycles. The number of hydrogen-bond acceptors (Lipinski definition) is 3. The minimum Gasteiger partial charge on any atom is -0.355 e. The van der Waals surface area contributed by atoms with Gasteiger partial charge in [-0.2, -0.15) is 0 Å². The minimum atomic E-state index is -0.433. The van der Waals surface area contributed by atoms with Gasteiger partial charge in [-0.15, -0.1) is 0 Å². The summed E-state index contributed by atoms with van der Waals surface area (Å²) < 4.78 is 2.75. The van der Waals surface area contributed by atoms with Gasteiger partial charge in [0.05, 0.1) is 28.7 Å². The van der Waals surface area contributed by atoms with Crippen LogP contribution in [0.5, 0.6) is 0 Å². The van der Waals surface area contributed by atoms with Crippen molar-refractivity contribution in [3.8, 4) is 11.3 Å². The maximum Gasteiger partial charge on any atom is 0.276 e. The molecular weight excluding hydrogens is 480 g/mol. The van der Waals surface area contributed by atoms with E-state index in [2.05, 4.69) is 31.5 Å². The van der Waals surface area contributed by atoms with Gasteiger partial charge in [-0.3, -0.25) is 9.59 Å². The lowest BCUT2D eigenvalue weighted by atomic mass is 10.1. The molecule has 2 heterocycles. The number of anilines is 1. The second-order valence-electron chi connectivity index (χ2n) is 6.92. The normalized spacial score (nSPS) is 10.8. The van der Waals surface area contributed by atoms with Crippen LogP contribution in [-0.2, 0) is 0 Å². The average Bonchev–Trinajstić information content (AvgIpc) is 3.23. The zero-order valence-electron chi connectivity index (χ0n) is 16.7. The van der Waals surface area contributed by atoms with Crippen LogP contribution in [0.1, 0.15) is 26.4 Å². The lowest BCUT2D eigenvalue weighted by molar-refractivity contribution is 0.0964. The molecule has 0 atom stereocenters. The van der Waals surface area contributed by atoms with Crippen LogP contribution in [-0.4, -0.2) is 28.2 Å². The number of nitrogens with one attached hydrogen (secondary N) is 2. The highest BCUT2D eigenvalue weighted by Crippen LogP contribution is 2.32. The van der Waals surface area contributed by atoms with E-state index in [0.29, 0.717) is 22.0 Å². The van der Waals surface area contributed by atoms with Gasteiger partial charge >= 0.3 is 0 Å². The topological polar surface area (TPSA) is 75.5 Å². The third kappa shape index (κ3) is 3.94. The number of aryl methyl sites for hydroxylation is 1. The maximum atomic E-state index is 13.4. The number of aromatic nitrogens is 2. The summed E-state index contributed by atoms with van der Waals surface area (Å²) in [6.07, 6.45) is 3.52. The van der Waals surface area contributed by atoms with E-state index in [4.69, 9.17) is 11.6 Å². The van der Waals surface area contributed by atoms with Crippen LogP contribution >= 0.6 is 27.5 Å². The standard InChI is InChI=1S/C23H18BrClN4O2/c1-13-10-14(25)11-17(22(30)26-2)19(13)28-23(31)20-21(16-7-3-4-8-18(16)24)29-9-5-6-15(29)12-27-20/h3-12H,1-2H3,(H,26,30)(H,28,31). The summed E-state index contributed by atoms with van der Waals surface area (Å²) >= 11 is 9.71. The zero-order chi connectivity index (χ0) is 22.1. The van der Waals surface area contributed by atoms with Gasteiger partial charge in [0.15, 0.2) is 5.69 Å². The molecule has 8 heteroatoms. The Morgan fingerprint density at radius 3 is 2.61 bits per heavy atom. The molecule has 2 aromatic carbocycles. The first kappa shape index (κ1) is 21.1. The Kier molecular flexibility index (Phi) is 5.80. The van der Waals surface area contributed by atoms with Gasteiger partial charge in [0, 0.05) is 28.3 Å². The average molecular weight is 498 g/mol. The summed E-state index contributed by atoms with van der Waals surface area (Å²) in [6, 6.07) is 14.7. The quantitative estimate of drug-likeness (QED) is 0.400. The van der Waals surface area contributed by atoms with E-state index in [1.807, 2.05) is 47.0 Å². The fourth-order valence-corrected chi connectivity index (χ4v) is 4.23. The lowest BCUT2D eigenvalue weighted by Crippen LogP contribution is -2.23. The molecule has 156 valence electrons. The largest absolute Gasteiger partial charge is 0.355 e. The highest BCUT2D eigenvalue weighted by molar-refractivity contribution is 9.10. The number of rotatable bonds is 4. The second-order valence-corrected chi connectivity index (χ2v) is 8.21. The summed E-state index contributed by atoms with van der Waals surface area (Å²) in [4.78, 5) is 30.3. The van der Waals surface area contributed by atoms with Gasteiger partial charge in [-0.05, 0) is 42.8 Å². The van der Waals surface area contributed by atoms with Gasteiger partial charge in [0.25, 0.3) is 11.8 Å². The molecule has 0 aliphatic heterocycles. The van der Waals surface area contributed by atoms with Gasteiger partial charge in [0.2, 0.25) is 0 Å². The molecular formula is C23H18BrClN4O2. The number of carbonyl (C=O) groups is 2. The van der Waals surface area contributed by atoms with Crippen molar-refractivity contribution >= 4 is 50.5 Å². The Morgan fingerprint density at radius 2 is 1.87 bits per heavy atom. The lowest BCUT2D eigenvalue weighted by Gasteiger charge is -2.16. The number of fused-ring (bicyclic) bond motifs is 1. The van der Waals surface area contributed by atoms with E-state index >= 15 is 0 Å². The van der Waals surface area contributed by atoms with Crippen molar-refractivity contribution in [2.75, 3.05) is 12.4 Å². The first-order valence-electron chi connectivity index (χ1n) is 9.45. The van der Waals surface area contributed by atoms with Crippen molar-refractivity contribution in [3.63, 3.8) is 0 Å². The molecule has 0 fully saturated rings. The number of amides is 2. The first-order valence-corrected chi connectivity index (χ1v) is 10.6. The third-order valence-corrected chi connectivity index (χ3v) is 5.84. The minimum absolute atomic E-state index is 0.229. The van der Waals surface area contributed by atoms with E-state index in [1.54, 1.807) is 19.2 Å². The van der Waals surface area contributed by atoms with Crippen molar-refractivity contribution in [3.05, 3.63) is 87.2 Å². The van der Waals surface area contributed by atoms with Gasteiger partial charge in [-0.25, -0.2) is 4.98 Å². The molecule has 6 nitrogen and oxygen atoms in total. The number of carbonyl (C=O) groups excluding carboxylic acids is 2. The second kappa shape index (κ2) is 8.53.